The first kappa shape index (κ1) is 12.7. The average molecular weight is 255 g/mol. The molecule has 0 saturated carbocycles. The summed E-state index contributed by atoms with van der Waals surface area (Å²) < 4.78 is 0. The summed E-state index contributed by atoms with van der Waals surface area (Å²) >= 11 is 6.03. The zero-order chi connectivity index (χ0) is 12.3. The van der Waals surface area contributed by atoms with Gasteiger partial charge in [0.15, 0.2) is 0 Å². The van der Waals surface area contributed by atoms with Crippen LogP contribution in [-0.4, -0.2) is 37.4 Å². The van der Waals surface area contributed by atoms with Gasteiger partial charge in [-0.3, -0.25) is 0 Å². The highest BCUT2D eigenvalue weighted by molar-refractivity contribution is 6.30. The summed E-state index contributed by atoms with van der Waals surface area (Å²) in [4.78, 5) is 2.25. The summed E-state index contributed by atoms with van der Waals surface area (Å²) in [6.07, 6.45) is 0. The number of nitrogens with one attached hydrogen (secondary N) is 1. The van der Waals surface area contributed by atoms with E-state index in [1.54, 1.807) is 0 Å². The van der Waals surface area contributed by atoms with Gasteiger partial charge in [0.05, 0.1) is 12.6 Å². The van der Waals surface area contributed by atoms with Crippen LogP contribution < -0.4 is 10.2 Å². The minimum absolute atomic E-state index is 0.124. The number of aliphatic hydroxyl groups is 1. The molecule has 0 radical (unpaired) electrons. The van der Waals surface area contributed by atoms with Gasteiger partial charge in [0.2, 0.25) is 0 Å². The van der Waals surface area contributed by atoms with Crippen molar-refractivity contribution in [2.24, 2.45) is 5.92 Å². The minimum atomic E-state index is 0.124. The van der Waals surface area contributed by atoms with Crippen molar-refractivity contribution in [3.05, 3.63) is 29.3 Å². The Kier molecular flexibility index (Phi) is 4.26. The minimum Gasteiger partial charge on any atom is -0.394 e. The molecule has 2 atom stereocenters. The first-order valence-electron chi connectivity index (χ1n) is 6.04. The molecule has 2 unspecified atom stereocenters. The lowest BCUT2D eigenvalue weighted by molar-refractivity contribution is 0.259. The van der Waals surface area contributed by atoms with Crippen molar-refractivity contribution in [1.29, 1.82) is 0 Å². The summed E-state index contributed by atoms with van der Waals surface area (Å²) in [7, 11) is 0. The smallest absolute Gasteiger partial charge is 0.0647 e. The van der Waals surface area contributed by atoms with E-state index in [4.69, 9.17) is 11.6 Å². The topological polar surface area (TPSA) is 35.5 Å². The Morgan fingerprint density at radius 2 is 2.29 bits per heavy atom. The Morgan fingerprint density at radius 1 is 1.47 bits per heavy atom. The zero-order valence-electron chi connectivity index (χ0n) is 10.1. The van der Waals surface area contributed by atoms with Crippen LogP contribution in [0.3, 0.4) is 0 Å². The summed E-state index contributed by atoms with van der Waals surface area (Å²) in [6.45, 7) is 5.12. The van der Waals surface area contributed by atoms with E-state index in [0.717, 1.165) is 30.3 Å². The van der Waals surface area contributed by atoms with Crippen LogP contribution in [0, 0.1) is 5.92 Å². The van der Waals surface area contributed by atoms with E-state index in [-0.39, 0.29) is 12.6 Å². The fraction of sp³-hybridized carbons (Fsp3) is 0.538. The standard InChI is InChI=1S/C13H19ClN2O/c1-10-6-15-7-13(9-17)16(8-10)12-4-2-3-11(14)5-12/h2-5,10,13,15,17H,6-9H2,1H3. The van der Waals surface area contributed by atoms with Gasteiger partial charge >= 0.3 is 0 Å². The molecule has 1 saturated heterocycles. The highest BCUT2D eigenvalue weighted by atomic mass is 35.5. The van der Waals surface area contributed by atoms with E-state index < -0.39 is 0 Å². The van der Waals surface area contributed by atoms with Crippen LogP contribution in [-0.2, 0) is 0 Å². The molecule has 1 fully saturated rings. The average Bonchev–Trinajstić information content (AvgIpc) is 2.50. The molecule has 0 spiro atoms. The molecule has 17 heavy (non-hydrogen) atoms. The molecule has 1 aliphatic heterocycles. The summed E-state index contributed by atoms with van der Waals surface area (Å²) in [5.74, 6) is 0.561. The lowest BCUT2D eigenvalue weighted by Crippen LogP contribution is -2.42. The third-order valence-electron chi connectivity index (χ3n) is 3.17. The van der Waals surface area contributed by atoms with Crippen LogP contribution in [0.25, 0.3) is 0 Å². The van der Waals surface area contributed by atoms with Crippen LogP contribution in [0.1, 0.15) is 6.92 Å². The number of hydrogen-bond donors (Lipinski definition) is 2. The van der Waals surface area contributed by atoms with E-state index >= 15 is 0 Å². The zero-order valence-corrected chi connectivity index (χ0v) is 10.8. The van der Waals surface area contributed by atoms with Crippen molar-refractivity contribution < 1.29 is 5.11 Å². The third kappa shape index (κ3) is 3.12. The monoisotopic (exact) mass is 254 g/mol. The van der Waals surface area contributed by atoms with E-state index in [0.29, 0.717) is 5.92 Å². The SMILES string of the molecule is CC1CNCC(CO)N(c2cccc(Cl)c2)C1. The molecule has 3 nitrogen and oxygen atoms in total. The molecule has 2 N–H and O–H groups in total. The summed E-state index contributed by atoms with van der Waals surface area (Å²) in [5, 5.41) is 13.6. The second kappa shape index (κ2) is 5.71. The largest absolute Gasteiger partial charge is 0.394 e. The number of nitrogens with zero attached hydrogens (tertiary/aromatic N) is 1. The molecule has 1 heterocycles. The Bertz CT molecular complexity index is 372. The fourth-order valence-corrected chi connectivity index (χ4v) is 2.47. The van der Waals surface area contributed by atoms with Crippen molar-refractivity contribution in [2.75, 3.05) is 31.1 Å². The van der Waals surface area contributed by atoms with Gasteiger partial charge in [-0.05, 0) is 30.7 Å². The third-order valence-corrected chi connectivity index (χ3v) is 3.41. The van der Waals surface area contributed by atoms with Crippen molar-refractivity contribution in [3.63, 3.8) is 0 Å². The summed E-state index contributed by atoms with van der Waals surface area (Å²) in [5.41, 5.74) is 1.09. The lowest BCUT2D eigenvalue weighted by Gasteiger charge is -2.31. The Morgan fingerprint density at radius 3 is 3.00 bits per heavy atom. The maximum absolute atomic E-state index is 9.49. The van der Waals surface area contributed by atoms with E-state index in [9.17, 15) is 5.11 Å². The van der Waals surface area contributed by atoms with Crippen LogP contribution in [0.5, 0.6) is 0 Å². The van der Waals surface area contributed by atoms with E-state index in [1.807, 2.05) is 24.3 Å². The lowest BCUT2D eigenvalue weighted by atomic mass is 10.1. The van der Waals surface area contributed by atoms with Crippen molar-refractivity contribution in [2.45, 2.75) is 13.0 Å². The molecule has 1 aromatic carbocycles. The predicted octanol–water partition coefficient (Wildman–Crippen LogP) is 1.75. The quantitative estimate of drug-likeness (QED) is 0.844. The Labute approximate surface area is 107 Å². The van der Waals surface area contributed by atoms with Gasteiger partial charge in [-0.2, -0.15) is 0 Å². The van der Waals surface area contributed by atoms with Gasteiger partial charge in [-0.25, -0.2) is 0 Å². The van der Waals surface area contributed by atoms with Crippen LogP contribution in [0.2, 0.25) is 5.02 Å². The number of rotatable bonds is 2. The molecular formula is C13H19ClN2O. The molecule has 0 aliphatic carbocycles. The number of hydrogen-bond acceptors (Lipinski definition) is 3. The van der Waals surface area contributed by atoms with Gasteiger partial charge in [-0.1, -0.05) is 24.6 Å². The molecule has 2 rings (SSSR count). The van der Waals surface area contributed by atoms with Gasteiger partial charge in [0.1, 0.15) is 0 Å². The molecule has 1 aliphatic rings. The number of halogens is 1. The Balaban J connectivity index is 2.25. The molecule has 4 heteroatoms. The Hall–Kier alpha value is -0.770. The molecular weight excluding hydrogens is 236 g/mol. The van der Waals surface area contributed by atoms with Crippen LogP contribution in [0.4, 0.5) is 5.69 Å². The van der Waals surface area contributed by atoms with Crippen LogP contribution in [0.15, 0.2) is 24.3 Å². The van der Waals surface area contributed by atoms with Gasteiger partial charge in [0.25, 0.3) is 0 Å². The first-order valence-corrected chi connectivity index (χ1v) is 6.42. The van der Waals surface area contributed by atoms with Crippen molar-refractivity contribution >= 4 is 17.3 Å². The normalized spacial score (nSPS) is 25.7. The maximum Gasteiger partial charge on any atom is 0.0647 e. The number of anilines is 1. The fourth-order valence-electron chi connectivity index (χ4n) is 2.29. The van der Waals surface area contributed by atoms with Crippen LogP contribution >= 0.6 is 11.6 Å². The second-order valence-corrected chi connectivity index (χ2v) is 5.17. The molecule has 0 bridgehead atoms. The van der Waals surface area contributed by atoms with Crippen molar-refractivity contribution in [1.82, 2.24) is 5.32 Å². The van der Waals surface area contributed by atoms with Gasteiger partial charge in [-0.15, -0.1) is 0 Å². The second-order valence-electron chi connectivity index (χ2n) is 4.73. The number of aliphatic hydroxyl groups excluding tert-OH is 1. The molecule has 1 aromatic rings. The maximum atomic E-state index is 9.49. The summed E-state index contributed by atoms with van der Waals surface area (Å²) in [6, 6.07) is 7.96. The highest BCUT2D eigenvalue weighted by Crippen LogP contribution is 2.23. The van der Waals surface area contributed by atoms with E-state index in [1.165, 1.54) is 0 Å². The van der Waals surface area contributed by atoms with Gasteiger partial charge in [0, 0.05) is 23.8 Å². The molecule has 0 aromatic heterocycles. The molecule has 0 amide bonds. The first-order chi connectivity index (χ1) is 8.20. The highest BCUT2D eigenvalue weighted by Gasteiger charge is 2.23. The van der Waals surface area contributed by atoms with Crippen molar-refractivity contribution in [3.8, 4) is 0 Å². The van der Waals surface area contributed by atoms with Gasteiger partial charge < -0.3 is 15.3 Å². The predicted molar refractivity (Wildman–Crippen MR) is 71.7 cm³/mol. The van der Waals surface area contributed by atoms with E-state index in [2.05, 4.69) is 17.1 Å². The number of benzene rings is 1. The molecule has 94 valence electrons.